The van der Waals surface area contributed by atoms with Gasteiger partial charge in [0.05, 0.1) is 11.0 Å². The van der Waals surface area contributed by atoms with Gasteiger partial charge >= 0.3 is 0 Å². The van der Waals surface area contributed by atoms with Gasteiger partial charge in [0.1, 0.15) is 12.4 Å². The second-order valence-corrected chi connectivity index (χ2v) is 8.03. The number of hydrogen-bond donors (Lipinski definition) is 3. The zero-order valence-corrected chi connectivity index (χ0v) is 15.9. The first-order chi connectivity index (χ1) is 12.8. The second-order valence-electron chi connectivity index (χ2n) is 6.37. The van der Waals surface area contributed by atoms with Crippen molar-refractivity contribution in [3.05, 3.63) is 24.3 Å². The van der Waals surface area contributed by atoms with E-state index in [2.05, 4.69) is 11.8 Å². The summed E-state index contributed by atoms with van der Waals surface area (Å²) in [6, 6.07) is 5.53. The predicted octanol–water partition coefficient (Wildman–Crippen LogP) is 1.44. The van der Waals surface area contributed by atoms with E-state index in [1.807, 2.05) is 4.83 Å². The molecule has 1 aliphatic carbocycles. The number of hydrazine groups is 1. The third kappa shape index (κ3) is 6.52. The smallest absolute Gasteiger partial charge is 0.262 e. The summed E-state index contributed by atoms with van der Waals surface area (Å²) >= 11 is 0. The Hall–Kier alpha value is -2.12. The summed E-state index contributed by atoms with van der Waals surface area (Å²) in [7, 11) is -4.11. The summed E-state index contributed by atoms with van der Waals surface area (Å²) in [5.41, 5.74) is 0. The first-order valence-electron chi connectivity index (χ1n) is 8.66. The molecule has 0 bridgehead atoms. The maximum atomic E-state index is 12.3. The van der Waals surface area contributed by atoms with E-state index < -0.39 is 15.9 Å². The minimum absolute atomic E-state index is 0.0109. The predicted molar refractivity (Wildman–Crippen MR) is 96.9 cm³/mol. The van der Waals surface area contributed by atoms with Crippen LogP contribution in [0.2, 0.25) is 0 Å². The lowest BCUT2D eigenvalue weighted by Gasteiger charge is -2.26. The van der Waals surface area contributed by atoms with Crippen LogP contribution in [0.15, 0.2) is 29.2 Å². The summed E-state index contributed by atoms with van der Waals surface area (Å²) in [4.78, 5) is 13.8. The van der Waals surface area contributed by atoms with Crippen LogP contribution in [0.4, 0.5) is 0 Å². The summed E-state index contributed by atoms with van der Waals surface area (Å²) in [5.74, 6) is 5.13. The van der Waals surface area contributed by atoms with Crippen molar-refractivity contribution in [1.29, 1.82) is 0 Å². The number of nitrogens with zero attached hydrogens (tertiary/aromatic N) is 1. The molecule has 2 rings (SSSR count). The maximum Gasteiger partial charge on any atom is 0.262 e. The molecule has 0 radical (unpaired) electrons. The topological polar surface area (TPSA) is 116 Å². The van der Waals surface area contributed by atoms with Crippen LogP contribution in [0.25, 0.3) is 0 Å². The number of rotatable bonds is 7. The van der Waals surface area contributed by atoms with Gasteiger partial charge in [-0.25, -0.2) is 8.42 Å². The highest BCUT2D eigenvalue weighted by Crippen LogP contribution is 2.27. The van der Waals surface area contributed by atoms with Gasteiger partial charge < -0.3 is 9.84 Å². The highest BCUT2D eigenvalue weighted by atomic mass is 32.2. The van der Waals surface area contributed by atoms with Gasteiger partial charge in [-0.1, -0.05) is 10.8 Å². The largest absolute Gasteiger partial charge is 0.481 e. The van der Waals surface area contributed by atoms with Crippen LogP contribution in [0.1, 0.15) is 39.0 Å². The van der Waals surface area contributed by atoms with E-state index in [0.29, 0.717) is 31.4 Å². The Balaban J connectivity index is 1.91. The number of carbonyl (C=O) groups excluding carboxylic acids is 1. The average molecular weight is 396 g/mol. The van der Waals surface area contributed by atoms with Gasteiger partial charge in [0.25, 0.3) is 15.9 Å². The van der Waals surface area contributed by atoms with Crippen molar-refractivity contribution in [2.45, 2.75) is 50.0 Å². The Morgan fingerprint density at radius 3 is 2.48 bits per heavy atom. The highest BCUT2D eigenvalue weighted by molar-refractivity contribution is 7.89. The van der Waals surface area contributed by atoms with Gasteiger partial charge in [-0.15, -0.1) is 11.1 Å². The molecule has 0 spiro atoms. The zero-order valence-electron chi connectivity index (χ0n) is 15.1. The molecule has 9 heteroatoms. The number of hydrogen-bond acceptors (Lipinski definition) is 6. The molecular formula is C18H24N2O6S. The quantitative estimate of drug-likeness (QED) is 0.365. The molecule has 1 fully saturated rings. The molecule has 0 heterocycles. The molecule has 3 N–H and O–H groups in total. The molecule has 1 aliphatic rings. The standard InChI is InChI=1S/C18H24N2O6S/c1-2-3-12-26-16-8-10-17(11-9-16)27(24,25)19-20(23)18(22)13-14-4-6-15(21)7-5-14/h8-11,14-15,19,21,23H,4-7,12-13H2,1H3. The molecule has 148 valence electrons. The van der Waals surface area contributed by atoms with Crippen LogP contribution < -0.4 is 9.57 Å². The van der Waals surface area contributed by atoms with E-state index in [-0.39, 0.29) is 35.1 Å². The van der Waals surface area contributed by atoms with Crippen molar-refractivity contribution in [2.75, 3.05) is 6.61 Å². The molecule has 0 saturated heterocycles. The third-order valence-corrected chi connectivity index (χ3v) is 5.65. The molecule has 0 aromatic heterocycles. The lowest BCUT2D eigenvalue weighted by Crippen LogP contribution is -2.44. The Morgan fingerprint density at radius 1 is 1.26 bits per heavy atom. The lowest BCUT2D eigenvalue weighted by molar-refractivity contribution is -0.173. The summed E-state index contributed by atoms with van der Waals surface area (Å²) < 4.78 is 29.9. The van der Waals surface area contributed by atoms with Crippen molar-refractivity contribution in [2.24, 2.45) is 5.92 Å². The van der Waals surface area contributed by atoms with Crippen LogP contribution in [0, 0.1) is 17.8 Å². The first kappa shape index (κ1) is 21.2. The average Bonchev–Trinajstić information content (AvgIpc) is 2.64. The number of aliphatic hydroxyl groups is 1. The van der Waals surface area contributed by atoms with Crippen molar-refractivity contribution in [3.63, 3.8) is 0 Å². The first-order valence-corrected chi connectivity index (χ1v) is 10.1. The van der Waals surface area contributed by atoms with Crippen molar-refractivity contribution >= 4 is 15.9 Å². The van der Waals surface area contributed by atoms with Gasteiger partial charge in [0.15, 0.2) is 0 Å². The number of benzene rings is 1. The van der Waals surface area contributed by atoms with E-state index in [1.54, 1.807) is 6.92 Å². The summed E-state index contributed by atoms with van der Waals surface area (Å²) in [6.45, 7) is 1.88. The minimum Gasteiger partial charge on any atom is -0.481 e. The number of nitrogens with one attached hydrogen (secondary N) is 1. The Bertz CT molecular complexity index is 789. The maximum absolute atomic E-state index is 12.3. The van der Waals surface area contributed by atoms with E-state index in [9.17, 15) is 23.5 Å². The molecule has 0 aliphatic heterocycles. The van der Waals surface area contributed by atoms with E-state index in [0.717, 1.165) is 0 Å². The van der Waals surface area contributed by atoms with Crippen LogP contribution in [0.3, 0.4) is 0 Å². The highest BCUT2D eigenvalue weighted by Gasteiger charge is 2.26. The fraction of sp³-hybridized carbons (Fsp3) is 0.500. The molecule has 27 heavy (non-hydrogen) atoms. The van der Waals surface area contributed by atoms with E-state index >= 15 is 0 Å². The molecule has 1 aromatic carbocycles. The van der Waals surface area contributed by atoms with E-state index in [1.165, 1.54) is 24.3 Å². The van der Waals surface area contributed by atoms with Crippen molar-refractivity contribution in [3.8, 4) is 17.6 Å². The van der Waals surface area contributed by atoms with Crippen LogP contribution in [0.5, 0.6) is 5.75 Å². The van der Waals surface area contributed by atoms with Gasteiger partial charge in [-0.05, 0) is 62.8 Å². The number of hydroxylamine groups is 1. The zero-order chi connectivity index (χ0) is 19.9. The molecule has 1 amide bonds. The number of ether oxygens (including phenoxy) is 1. The summed E-state index contributed by atoms with van der Waals surface area (Å²) in [6.07, 6.45) is 2.20. The van der Waals surface area contributed by atoms with Crippen LogP contribution >= 0.6 is 0 Å². The Morgan fingerprint density at radius 2 is 1.89 bits per heavy atom. The van der Waals surface area contributed by atoms with E-state index in [4.69, 9.17) is 4.74 Å². The van der Waals surface area contributed by atoms with Crippen molar-refractivity contribution in [1.82, 2.24) is 10.0 Å². The van der Waals surface area contributed by atoms with Gasteiger partial charge in [0, 0.05) is 6.42 Å². The van der Waals surface area contributed by atoms with Crippen LogP contribution in [-0.2, 0) is 14.8 Å². The molecule has 1 saturated carbocycles. The van der Waals surface area contributed by atoms with Crippen LogP contribution in [-0.4, -0.2) is 42.5 Å². The second kappa shape index (κ2) is 9.71. The third-order valence-electron chi connectivity index (χ3n) is 4.34. The number of sulfonamides is 1. The molecule has 0 atom stereocenters. The molecule has 0 unspecified atom stereocenters. The van der Waals surface area contributed by atoms with Crippen molar-refractivity contribution < 1.29 is 28.3 Å². The minimum atomic E-state index is -4.11. The molecular weight excluding hydrogens is 372 g/mol. The fourth-order valence-corrected chi connectivity index (χ4v) is 3.74. The lowest BCUT2D eigenvalue weighted by atomic mass is 9.85. The Labute approximate surface area is 159 Å². The summed E-state index contributed by atoms with van der Waals surface area (Å²) in [5, 5.41) is 19.3. The Kier molecular flexibility index (Phi) is 7.62. The van der Waals surface area contributed by atoms with Gasteiger partial charge in [-0.2, -0.15) is 0 Å². The normalized spacial score (nSPS) is 19.7. The number of carbonyl (C=O) groups is 1. The fourth-order valence-electron chi connectivity index (χ4n) is 2.81. The monoisotopic (exact) mass is 396 g/mol. The van der Waals surface area contributed by atoms with Gasteiger partial charge in [0.2, 0.25) is 0 Å². The molecule has 1 aromatic rings. The molecule has 8 nitrogen and oxygen atoms in total. The van der Waals surface area contributed by atoms with Gasteiger partial charge in [-0.3, -0.25) is 10.0 Å². The number of amides is 1. The number of aliphatic hydroxyl groups excluding tert-OH is 1. The SMILES string of the molecule is CC#CCOc1ccc(S(=O)(=O)NN(O)C(=O)CC2CCC(O)CC2)cc1.